The highest BCUT2D eigenvalue weighted by Crippen LogP contribution is 2.25. The molecule has 2 aromatic carbocycles. The molecule has 138 valence electrons. The Kier molecular flexibility index (Phi) is 4.75. The lowest BCUT2D eigenvalue weighted by Gasteiger charge is -2.35. The molecule has 1 fully saturated rings. The van der Waals surface area contributed by atoms with Crippen LogP contribution in [0, 0.1) is 11.8 Å². The van der Waals surface area contributed by atoms with E-state index in [4.69, 9.17) is 4.42 Å². The first kappa shape index (κ1) is 17.5. The van der Waals surface area contributed by atoms with E-state index in [2.05, 4.69) is 24.0 Å². The number of benzene rings is 2. The zero-order valence-electron chi connectivity index (χ0n) is 15.6. The molecule has 0 N–H and O–H groups in total. The Bertz CT molecular complexity index is 908. The second kappa shape index (κ2) is 7.35. The zero-order valence-corrected chi connectivity index (χ0v) is 15.6. The van der Waals surface area contributed by atoms with Gasteiger partial charge in [0, 0.05) is 29.8 Å². The normalized spacial score (nSPS) is 19.9. The second-order valence-corrected chi connectivity index (χ2v) is 7.51. The number of carbonyl (C=O) groups is 1. The summed E-state index contributed by atoms with van der Waals surface area (Å²) in [7, 11) is 0. The lowest BCUT2D eigenvalue weighted by Crippen LogP contribution is -2.42. The quantitative estimate of drug-likeness (QED) is 0.688. The highest BCUT2D eigenvalue weighted by atomic mass is 16.4. The van der Waals surface area contributed by atoms with Crippen molar-refractivity contribution in [2.45, 2.75) is 20.3 Å². The van der Waals surface area contributed by atoms with Crippen molar-refractivity contribution >= 4 is 5.91 Å². The molecule has 4 rings (SSSR count). The van der Waals surface area contributed by atoms with E-state index >= 15 is 0 Å². The van der Waals surface area contributed by atoms with Gasteiger partial charge in [-0.05, 0) is 54.7 Å². The van der Waals surface area contributed by atoms with Gasteiger partial charge in [0.25, 0.3) is 5.91 Å². The lowest BCUT2D eigenvalue weighted by molar-refractivity contribution is 0.0623. The maximum absolute atomic E-state index is 12.8. The van der Waals surface area contributed by atoms with Crippen LogP contribution in [0.15, 0.2) is 59.0 Å². The van der Waals surface area contributed by atoms with Crippen LogP contribution in [0.3, 0.4) is 0 Å². The van der Waals surface area contributed by atoms with Crippen LogP contribution >= 0.6 is 0 Å². The summed E-state index contributed by atoms with van der Waals surface area (Å²) in [6.45, 7) is 6.07. The van der Waals surface area contributed by atoms with E-state index < -0.39 is 0 Å². The number of nitrogens with zero attached hydrogens (tertiary/aromatic N) is 3. The number of piperidine rings is 1. The fourth-order valence-corrected chi connectivity index (χ4v) is 3.80. The van der Waals surface area contributed by atoms with Crippen LogP contribution < -0.4 is 0 Å². The van der Waals surface area contributed by atoms with Gasteiger partial charge in [0.15, 0.2) is 0 Å². The van der Waals surface area contributed by atoms with E-state index in [0.29, 0.717) is 29.2 Å². The number of likely N-dealkylation sites (tertiary alicyclic amines) is 1. The molecule has 0 radical (unpaired) electrons. The van der Waals surface area contributed by atoms with Crippen LogP contribution in [0.4, 0.5) is 0 Å². The molecule has 1 aromatic heterocycles. The number of amides is 1. The number of carbonyl (C=O) groups excluding carboxylic acids is 1. The number of aromatic nitrogens is 2. The molecule has 1 aliphatic rings. The average molecular weight is 361 g/mol. The summed E-state index contributed by atoms with van der Waals surface area (Å²) in [5.41, 5.74) is 2.39. The zero-order chi connectivity index (χ0) is 18.8. The van der Waals surface area contributed by atoms with E-state index in [0.717, 1.165) is 24.2 Å². The smallest absolute Gasteiger partial charge is 0.253 e. The summed E-state index contributed by atoms with van der Waals surface area (Å²) in [6.07, 6.45) is 1.18. The minimum atomic E-state index is 0.0930. The van der Waals surface area contributed by atoms with Crippen molar-refractivity contribution < 1.29 is 9.21 Å². The predicted molar refractivity (Wildman–Crippen MR) is 104 cm³/mol. The van der Waals surface area contributed by atoms with Gasteiger partial charge in [-0.3, -0.25) is 4.79 Å². The number of rotatable bonds is 3. The average Bonchev–Trinajstić information content (AvgIpc) is 3.18. The third-order valence-electron chi connectivity index (χ3n) is 4.98. The van der Waals surface area contributed by atoms with E-state index in [9.17, 15) is 4.79 Å². The molecule has 5 heteroatoms. The maximum Gasteiger partial charge on any atom is 0.253 e. The molecule has 0 bridgehead atoms. The molecule has 0 aliphatic carbocycles. The first-order valence-electron chi connectivity index (χ1n) is 9.39. The monoisotopic (exact) mass is 361 g/mol. The first-order valence-corrected chi connectivity index (χ1v) is 9.39. The van der Waals surface area contributed by atoms with Gasteiger partial charge in [-0.25, -0.2) is 0 Å². The fraction of sp³-hybridized carbons (Fsp3) is 0.318. The van der Waals surface area contributed by atoms with Gasteiger partial charge in [-0.2, -0.15) is 0 Å². The largest absolute Gasteiger partial charge is 0.416 e. The Morgan fingerprint density at radius 1 is 0.889 bits per heavy atom. The van der Waals surface area contributed by atoms with Crippen molar-refractivity contribution in [1.82, 2.24) is 15.1 Å². The fourth-order valence-electron chi connectivity index (χ4n) is 3.80. The molecular weight excluding hydrogens is 338 g/mol. The van der Waals surface area contributed by atoms with Crippen molar-refractivity contribution in [2.24, 2.45) is 11.8 Å². The molecule has 27 heavy (non-hydrogen) atoms. The molecule has 2 atom stereocenters. The molecule has 1 amide bonds. The third kappa shape index (κ3) is 3.77. The molecule has 1 saturated heterocycles. The molecule has 3 aromatic rings. The highest BCUT2D eigenvalue weighted by molar-refractivity contribution is 5.94. The Morgan fingerprint density at radius 3 is 2.04 bits per heavy atom. The van der Waals surface area contributed by atoms with Crippen LogP contribution in [0.2, 0.25) is 0 Å². The van der Waals surface area contributed by atoms with Crippen molar-refractivity contribution in [3.8, 4) is 22.9 Å². The summed E-state index contributed by atoms with van der Waals surface area (Å²) < 4.78 is 5.78. The van der Waals surface area contributed by atoms with Gasteiger partial charge in [0.1, 0.15) is 0 Å². The van der Waals surface area contributed by atoms with E-state index in [1.165, 1.54) is 6.42 Å². The Hall–Kier alpha value is -2.95. The van der Waals surface area contributed by atoms with Gasteiger partial charge < -0.3 is 9.32 Å². The van der Waals surface area contributed by atoms with Crippen molar-refractivity contribution in [1.29, 1.82) is 0 Å². The highest BCUT2D eigenvalue weighted by Gasteiger charge is 2.26. The molecule has 0 saturated carbocycles. The van der Waals surface area contributed by atoms with Gasteiger partial charge in [-0.15, -0.1) is 10.2 Å². The molecule has 2 heterocycles. The van der Waals surface area contributed by atoms with Crippen LogP contribution in [0.1, 0.15) is 30.6 Å². The van der Waals surface area contributed by atoms with E-state index in [1.54, 1.807) is 0 Å². The van der Waals surface area contributed by atoms with Crippen LogP contribution in [0.25, 0.3) is 22.9 Å². The van der Waals surface area contributed by atoms with Crippen LogP contribution in [0.5, 0.6) is 0 Å². The predicted octanol–water partition coefficient (Wildman–Crippen LogP) is 4.52. The number of hydrogen-bond donors (Lipinski definition) is 0. The van der Waals surface area contributed by atoms with E-state index in [-0.39, 0.29) is 5.91 Å². The maximum atomic E-state index is 12.8. The molecular formula is C22H23N3O2. The standard InChI is InChI=1S/C22H23N3O2/c1-15-12-16(2)14-25(13-15)22(26)19-10-8-18(9-11-19)21-24-23-20(27-21)17-6-4-3-5-7-17/h3-11,15-16H,12-14H2,1-2H3/t15-,16+. The molecule has 0 unspecified atom stereocenters. The Morgan fingerprint density at radius 2 is 1.44 bits per heavy atom. The third-order valence-corrected chi connectivity index (χ3v) is 4.98. The van der Waals surface area contributed by atoms with Gasteiger partial charge in [0.2, 0.25) is 11.8 Å². The minimum Gasteiger partial charge on any atom is -0.416 e. The summed E-state index contributed by atoms with van der Waals surface area (Å²) in [5, 5.41) is 8.25. The molecule has 5 nitrogen and oxygen atoms in total. The lowest BCUT2D eigenvalue weighted by atomic mass is 9.91. The van der Waals surface area contributed by atoms with Crippen molar-refractivity contribution in [2.75, 3.05) is 13.1 Å². The van der Waals surface area contributed by atoms with Crippen molar-refractivity contribution in [3.63, 3.8) is 0 Å². The number of hydrogen-bond acceptors (Lipinski definition) is 4. The second-order valence-electron chi connectivity index (χ2n) is 7.51. The van der Waals surface area contributed by atoms with Gasteiger partial charge in [-0.1, -0.05) is 32.0 Å². The Balaban J connectivity index is 1.51. The molecule has 0 spiro atoms. The van der Waals surface area contributed by atoms with E-state index in [1.807, 2.05) is 59.5 Å². The van der Waals surface area contributed by atoms with Crippen molar-refractivity contribution in [3.05, 3.63) is 60.2 Å². The summed E-state index contributed by atoms with van der Waals surface area (Å²) >= 11 is 0. The first-order chi connectivity index (χ1) is 13.1. The van der Waals surface area contributed by atoms with Gasteiger partial charge >= 0.3 is 0 Å². The summed E-state index contributed by atoms with van der Waals surface area (Å²) in [6, 6.07) is 17.1. The molecule has 1 aliphatic heterocycles. The Labute approximate surface area is 159 Å². The summed E-state index contributed by atoms with van der Waals surface area (Å²) in [5.74, 6) is 2.13. The van der Waals surface area contributed by atoms with Crippen LogP contribution in [-0.2, 0) is 0 Å². The van der Waals surface area contributed by atoms with Gasteiger partial charge in [0.05, 0.1) is 0 Å². The van der Waals surface area contributed by atoms with Crippen LogP contribution in [-0.4, -0.2) is 34.1 Å². The summed E-state index contributed by atoms with van der Waals surface area (Å²) in [4.78, 5) is 14.8. The topological polar surface area (TPSA) is 59.2 Å². The minimum absolute atomic E-state index is 0.0930. The SMILES string of the molecule is C[C@@H]1C[C@H](C)CN(C(=O)c2ccc(-c3nnc(-c4ccccc4)o3)cc2)C1.